The second-order valence-electron chi connectivity index (χ2n) is 5.86. The first kappa shape index (κ1) is 15.3. The van der Waals surface area contributed by atoms with Gasteiger partial charge in [0.15, 0.2) is 0 Å². The third-order valence-electron chi connectivity index (χ3n) is 4.44. The molecule has 2 heterocycles. The van der Waals surface area contributed by atoms with Crippen molar-refractivity contribution in [3.63, 3.8) is 0 Å². The molecule has 4 nitrogen and oxygen atoms in total. The van der Waals surface area contributed by atoms with Crippen LogP contribution in [0.4, 0.5) is 5.82 Å². The Balaban J connectivity index is 1.73. The molecule has 1 aromatic heterocycles. The molecule has 1 aliphatic heterocycles. The summed E-state index contributed by atoms with van der Waals surface area (Å²) in [6.45, 7) is 5.97. The van der Waals surface area contributed by atoms with Gasteiger partial charge in [-0.1, -0.05) is 31.2 Å². The number of nitrogens with zero attached hydrogens (tertiary/aromatic N) is 3. The monoisotopic (exact) mass is 317 g/mol. The maximum atomic E-state index is 5.99. The van der Waals surface area contributed by atoms with Crippen LogP contribution in [0.5, 0.6) is 5.88 Å². The van der Waals surface area contributed by atoms with Gasteiger partial charge in [0.05, 0.1) is 11.7 Å². The first-order valence-corrected chi connectivity index (χ1v) is 8.79. The molecule has 0 amide bonds. The van der Waals surface area contributed by atoms with E-state index in [4.69, 9.17) is 4.74 Å². The highest BCUT2D eigenvalue weighted by Gasteiger charge is 2.26. The van der Waals surface area contributed by atoms with Gasteiger partial charge in [0, 0.05) is 12.6 Å². The lowest BCUT2D eigenvalue weighted by molar-refractivity contribution is 0.294. The zero-order valence-electron chi connectivity index (χ0n) is 13.3. The van der Waals surface area contributed by atoms with E-state index in [1.807, 2.05) is 12.1 Å². The smallest absolute Gasteiger partial charge is 0.271 e. The van der Waals surface area contributed by atoms with Crippen LogP contribution in [-0.4, -0.2) is 21.3 Å². The number of aromatic nitrogens is 2. The molecule has 1 unspecified atom stereocenters. The van der Waals surface area contributed by atoms with E-state index in [-0.39, 0.29) is 0 Å². The van der Waals surface area contributed by atoms with E-state index in [0.717, 1.165) is 18.8 Å². The van der Waals surface area contributed by atoms with Gasteiger partial charge in [0.1, 0.15) is 6.61 Å². The zero-order valence-corrected chi connectivity index (χ0v) is 14.1. The summed E-state index contributed by atoms with van der Waals surface area (Å²) in [6.07, 6.45) is 4.93. The Labute approximate surface area is 136 Å². The van der Waals surface area contributed by atoms with Crippen molar-refractivity contribution >= 4 is 17.5 Å². The van der Waals surface area contributed by atoms with Gasteiger partial charge in [0.2, 0.25) is 5.82 Å². The Hall–Kier alpha value is -1.62. The van der Waals surface area contributed by atoms with E-state index in [1.54, 1.807) is 0 Å². The average Bonchev–Trinajstić information content (AvgIpc) is 3.02. The molecule has 0 bridgehead atoms. The molecule has 0 N–H and O–H groups in total. The standard InChI is InChI=1S/C17H23N3OS/c1-3-15-10-6-7-11-20(15)16-17(19-22-18-16)21-12-14-9-5-4-8-13(14)2/h4-5,8-9,15H,3,6-7,10-12H2,1-2H3. The Bertz CT molecular complexity index is 613. The molecule has 0 aliphatic carbocycles. The molecular formula is C17H23N3OS. The summed E-state index contributed by atoms with van der Waals surface area (Å²) in [4.78, 5) is 2.39. The van der Waals surface area contributed by atoms with Gasteiger partial charge in [-0.3, -0.25) is 0 Å². The number of aryl methyl sites for hydroxylation is 1. The number of rotatable bonds is 5. The fraction of sp³-hybridized carbons (Fsp3) is 0.529. The third kappa shape index (κ3) is 3.24. The van der Waals surface area contributed by atoms with Crippen LogP contribution in [0.3, 0.4) is 0 Å². The van der Waals surface area contributed by atoms with Crippen molar-refractivity contribution in [2.75, 3.05) is 11.4 Å². The molecule has 2 aromatic rings. The maximum Gasteiger partial charge on any atom is 0.271 e. The second kappa shape index (κ2) is 7.09. The number of anilines is 1. The van der Waals surface area contributed by atoms with E-state index in [9.17, 15) is 0 Å². The van der Waals surface area contributed by atoms with E-state index in [1.165, 1.54) is 42.1 Å². The molecule has 118 valence electrons. The normalized spacial score (nSPS) is 18.5. The number of ether oxygens (including phenoxy) is 1. The number of hydrogen-bond donors (Lipinski definition) is 0. The lowest BCUT2D eigenvalue weighted by Gasteiger charge is -2.35. The van der Waals surface area contributed by atoms with E-state index in [0.29, 0.717) is 18.5 Å². The summed E-state index contributed by atoms with van der Waals surface area (Å²) < 4.78 is 14.9. The molecule has 1 aliphatic rings. The van der Waals surface area contributed by atoms with Crippen LogP contribution in [0.2, 0.25) is 0 Å². The highest BCUT2D eigenvalue weighted by Crippen LogP contribution is 2.32. The highest BCUT2D eigenvalue weighted by molar-refractivity contribution is 6.99. The van der Waals surface area contributed by atoms with Gasteiger partial charge in [-0.2, -0.15) is 4.37 Å². The molecule has 1 fully saturated rings. The van der Waals surface area contributed by atoms with Gasteiger partial charge >= 0.3 is 0 Å². The lowest BCUT2D eigenvalue weighted by atomic mass is 10.0. The summed E-state index contributed by atoms with van der Waals surface area (Å²) in [7, 11) is 0. The van der Waals surface area contributed by atoms with Crippen molar-refractivity contribution in [3.8, 4) is 5.88 Å². The van der Waals surface area contributed by atoms with Crippen molar-refractivity contribution in [1.82, 2.24) is 8.75 Å². The molecule has 22 heavy (non-hydrogen) atoms. The van der Waals surface area contributed by atoms with Crippen molar-refractivity contribution in [2.45, 2.75) is 52.2 Å². The third-order valence-corrected chi connectivity index (χ3v) is 4.94. The van der Waals surface area contributed by atoms with Gasteiger partial charge in [-0.25, -0.2) is 0 Å². The fourth-order valence-corrected chi connectivity index (χ4v) is 3.57. The predicted octanol–water partition coefficient (Wildman–Crippen LogP) is 4.19. The largest absolute Gasteiger partial charge is 0.470 e. The second-order valence-corrected chi connectivity index (χ2v) is 6.39. The summed E-state index contributed by atoms with van der Waals surface area (Å²) in [5.41, 5.74) is 2.45. The summed E-state index contributed by atoms with van der Waals surface area (Å²) in [6, 6.07) is 8.87. The van der Waals surface area contributed by atoms with Crippen LogP contribution in [-0.2, 0) is 6.61 Å². The Kier molecular flexibility index (Phi) is 4.93. The molecule has 1 aromatic carbocycles. The average molecular weight is 317 g/mol. The van der Waals surface area contributed by atoms with Crippen LogP contribution in [0, 0.1) is 6.92 Å². The van der Waals surface area contributed by atoms with Gasteiger partial charge in [-0.15, -0.1) is 4.37 Å². The van der Waals surface area contributed by atoms with Crippen molar-refractivity contribution in [1.29, 1.82) is 0 Å². The van der Waals surface area contributed by atoms with Crippen LogP contribution in [0.1, 0.15) is 43.7 Å². The molecule has 0 saturated carbocycles. The van der Waals surface area contributed by atoms with E-state index < -0.39 is 0 Å². The molecule has 1 atom stereocenters. The summed E-state index contributed by atoms with van der Waals surface area (Å²) >= 11 is 1.25. The molecular weight excluding hydrogens is 294 g/mol. The van der Waals surface area contributed by atoms with E-state index >= 15 is 0 Å². The summed E-state index contributed by atoms with van der Waals surface area (Å²) in [5, 5.41) is 0. The maximum absolute atomic E-state index is 5.99. The van der Waals surface area contributed by atoms with Gasteiger partial charge in [-0.05, 0) is 43.7 Å². The first-order chi connectivity index (χ1) is 10.8. The lowest BCUT2D eigenvalue weighted by Crippen LogP contribution is -2.39. The van der Waals surface area contributed by atoms with Crippen molar-refractivity contribution in [3.05, 3.63) is 35.4 Å². The predicted molar refractivity (Wildman–Crippen MR) is 90.7 cm³/mol. The molecule has 1 saturated heterocycles. The Morgan fingerprint density at radius 3 is 2.95 bits per heavy atom. The highest BCUT2D eigenvalue weighted by atomic mass is 32.1. The SMILES string of the molecule is CCC1CCCCN1c1nsnc1OCc1ccccc1C. The zero-order chi connectivity index (χ0) is 15.4. The fourth-order valence-electron chi connectivity index (χ4n) is 3.06. The minimum absolute atomic E-state index is 0.551. The molecule has 5 heteroatoms. The minimum atomic E-state index is 0.551. The van der Waals surface area contributed by atoms with Crippen LogP contribution < -0.4 is 9.64 Å². The number of piperidine rings is 1. The van der Waals surface area contributed by atoms with Crippen LogP contribution in [0.15, 0.2) is 24.3 Å². The van der Waals surface area contributed by atoms with Crippen LogP contribution in [0.25, 0.3) is 0 Å². The van der Waals surface area contributed by atoms with E-state index in [2.05, 4.69) is 39.6 Å². The Morgan fingerprint density at radius 1 is 1.27 bits per heavy atom. The minimum Gasteiger partial charge on any atom is -0.470 e. The number of hydrogen-bond acceptors (Lipinski definition) is 5. The van der Waals surface area contributed by atoms with Crippen LogP contribution >= 0.6 is 11.7 Å². The van der Waals surface area contributed by atoms with Crippen molar-refractivity contribution in [2.24, 2.45) is 0 Å². The first-order valence-electron chi connectivity index (χ1n) is 8.06. The summed E-state index contributed by atoms with van der Waals surface area (Å²) in [5.74, 6) is 1.62. The Morgan fingerprint density at radius 2 is 2.14 bits per heavy atom. The topological polar surface area (TPSA) is 38.2 Å². The van der Waals surface area contributed by atoms with Gasteiger partial charge in [0.25, 0.3) is 5.88 Å². The molecule has 0 spiro atoms. The quantitative estimate of drug-likeness (QED) is 0.828. The van der Waals surface area contributed by atoms with Crippen molar-refractivity contribution < 1.29 is 4.74 Å². The van der Waals surface area contributed by atoms with Gasteiger partial charge < -0.3 is 9.64 Å². The molecule has 3 rings (SSSR count). The molecule has 0 radical (unpaired) electrons. The number of benzene rings is 1.